The maximum absolute atomic E-state index is 16.4. The van der Waals surface area contributed by atoms with Crippen LogP contribution in [0.4, 0.5) is 10.3 Å². The fourth-order valence-electron chi connectivity index (χ4n) is 5.31. The fourth-order valence-corrected chi connectivity index (χ4v) is 6.82. The number of esters is 1. The summed E-state index contributed by atoms with van der Waals surface area (Å²) >= 11 is 0. The molecule has 6 atom stereocenters. The molecule has 1 unspecified atom stereocenters. The Morgan fingerprint density at radius 3 is 2.78 bits per heavy atom. The molecule has 5 N–H and O–H groups in total. The molecule has 0 amide bonds. The summed E-state index contributed by atoms with van der Waals surface area (Å²) in [5.74, 6) is -3.80. The number of benzene rings is 1. The highest BCUT2D eigenvalue weighted by Gasteiger charge is 2.64. The van der Waals surface area contributed by atoms with Gasteiger partial charge < -0.3 is 29.5 Å². The third-order valence-corrected chi connectivity index (χ3v) is 9.31. The van der Waals surface area contributed by atoms with E-state index in [-0.39, 0.29) is 42.4 Å². The van der Waals surface area contributed by atoms with Gasteiger partial charge in [0.25, 0.3) is 11.4 Å². The van der Waals surface area contributed by atoms with Gasteiger partial charge in [-0.25, -0.2) is 13.9 Å². The van der Waals surface area contributed by atoms with Gasteiger partial charge in [-0.2, -0.15) is 10.1 Å². The number of aromatic nitrogens is 4. The molecule has 246 valence electrons. The molecule has 1 saturated heterocycles. The lowest BCUT2D eigenvalue weighted by atomic mass is 9.95. The van der Waals surface area contributed by atoms with Gasteiger partial charge in [0.05, 0.1) is 6.33 Å². The zero-order valence-corrected chi connectivity index (χ0v) is 25.7. The molecule has 2 fully saturated rings. The number of aromatic amines is 1. The van der Waals surface area contributed by atoms with Gasteiger partial charge in [-0.1, -0.05) is 24.6 Å². The van der Waals surface area contributed by atoms with Gasteiger partial charge in [0.15, 0.2) is 17.4 Å². The molecular formula is C28H38FN6O9P. The second-order valence-corrected chi connectivity index (χ2v) is 13.0. The van der Waals surface area contributed by atoms with E-state index < -0.39 is 55.7 Å². The first-order valence-corrected chi connectivity index (χ1v) is 16.1. The van der Waals surface area contributed by atoms with E-state index in [2.05, 4.69) is 25.4 Å². The topological polar surface area (TPSA) is 199 Å². The summed E-state index contributed by atoms with van der Waals surface area (Å²) in [6.45, 7) is 1.43. The minimum Gasteiger partial charge on any atom is -0.461 e. The number of ether oxygens (including phenoxy) is 2. The SMILES string of the molecule is [3H]CCNc1nc2c(ncn2[C@@H]2O[C@](F)(COP(=O)(N[C@@H](C)C(=O)OC3CCCCC3)Oc3ccccc3)[C@@H](O)[C@@]2(C)O)c(=O)[nH]1. The molecule has 5 rings (SSSR count). The van der Waals surface area contributed by atoms with Crippen LogP contribution < -0.4 is 20.5 Å². The zero-order chi connectivity index (χ0) is 33.1. The normalized spacial score (nSPS) is 27.9. The zero-order valence-electron chi connectivity index (χ0n) is 25.8. The Labute approximate surface area is 259 Å². The number of carbonyl (C=O) groups excluding carboxylic acids is 1. The van der Waals surface area contributed by atoms with Crippen molar-refractivity contribution in [3.63, 3.8) is 0 Å². The molecule has 1 aromatic carbocycles. The van der Waals surface area contributed by atoms with Crippen LogP contribution in [-0.2, 0) is 23.4 Å². The highest BCUT2D eigenvalue weighted by Crippen LogP contribution is 2.50. The molecule has 1 aliphatic carbocycles. The number of imidazole rings is 1. The van der Waals surface area contributed by atoms with Crippen molar-refractivity contribution in [1.29, 1.82) is 0 Å². The lowest BCUT2D eigenvalue weighted by molar-refractivity contribution is -0.202. The Morgan fingerprint density at radius 2 is 2.07 bits per heavy atom. The highest BCUT2D eigenvalue weighted by molar-refractivity contribution is 7.52. The molecule has 3 heterocycles. The molecule has 0 radical (unpaired) electrons. The number of nitrogens with zero attached hydrogens (tertiary/aromatic N) is 3. The molecular weight excluding hydrogens is 614 g/mol. The number of aliphatic hydroxyl groups excluding tert-OH is 1. The first kappa shape index (κ1) is 31.6. The number of aliphatic hydroxyl groups is 2. The van der Waals surface area contributed by atoms with E-state index in [9.17, 15) is 24.4 Å². The molecule has 1 aliphatic heterocycles. The van der Waals surface area contributed by atoms with E-state index in [0.717, 1.165) is 37.1 Å². The van der Waals surface area contributed by atoms with Crippen molar-refractivity contribution >= 4 is 30.8 Å². The van der Waals surface area contributed by atoms with Crippen LogP contribution in [0.3, 0.4) is 0 Å². The number of carbonyl (C=O) groups is 1. The second-order valence-electron chi connectivity index (χ2n) is 11.3. The predicted octanol–water partition coefficient (Wildman–Crippen LogP) is 2.92. The molecule has 3 aromatic rings. The minimum atomic E-state index is -4.57. The maximum atomic E-state index is 16.4. The third kappa shape index (κ3) is 7.05. The number of fused-ring (bicyclic) bond motifs is 1. The molecule has 45 heavy (non-hydrogen) atoms. The van der Waals surface area contributed by atoms with Crippen molar-refractivity contribution in [2.24, 2.45) is 0 Å². The Morgan fingerprint density at radius 1 is 1.33 bits per heavy atom. The number of nitrogens with one attached hydrogen (secondary N) is 3. The average molecular weight is 655 g/mol. The smallest absolute Gasteiger partial charge is 0.459 e. The second kappa shape index (κ2) is 13.1. The van der Waals surface area contributed by atoms with Crippen LogP contribution in [0.25, 0.3) is 11.2 Å². The quantitative estimate of drug-likeness (QED) is 0.141. The monoisotopic (exact) mass is 654 g/mol. The highest BCUT2D eigenvalue weighted by atomic mass is 31.2. The van der Waals surface area contributed by atoms with Gasteiger partial charge in [-0.05, 0) is 58.6 Å². The van der Waals surface area contributed by atoms with E-state index in [1.54, 1.807) is 18.2 Å². The van der Waals surface area contributed by atoms with Crippen molar-refractivity contribution < 1.29 is 43.9 Å². The maximum Gasteiger partial charge on any atom is 0.459 e. The summed E-state index contributed by atoms with van der Waals surface area (Å²) < 4.78 is 60.9. The van der Waals surface area contributed by atoms with Crippen LogP contribution in [0, 0.1) is 0 Å². The fraction of sp³-hybridized carbons (Fsp3) is 0.571. The summed E-state index contributed by atoms with van der Waals surface area (Å²) in [6.07, 6.45) is 1.19. The van der Waals surface area contributed by atoms with E-state index in [1.165, 1.54) is 19.1 Å². The number of para-hydroxylation sites is 1. The summed E-state index contributed by atoms with van der Waals surface area (Å²) in [6, 6.07) is 6.64. The number of alkyl halides is 1. The number of rotatable bonds is 12. The van der Waals surface area contributed by atoms with E-state index in [4.69, 9.17) is 19.9 Å². The minimum absolute atomic E-state index is 0.000685. The van der Waals surface area contributed by atoms with Gasteiger partial charge >= 0.3 is 13.7 Å². The van der Waals surface area contributed by atoms with Gasteiger partial charge in [-0.15, -0.1) is 0 Å². The van der Waals surface area contributed by atoms with Crippen molar-refractivity contribution in [2.45, 2.75) is 88.8 Å². The van der Waals surface area contributed by atoms with Crippen LogP contribution in [0.1, 0.15) is 60.5 Å². The Balaban J connectivity index is 1.37. The number of halogens is 1. The largest absolute Gasteiger partial charge is 0.461 e. The number of hydrogen-bond donors (Lipinski definition) is 5. The summed E-state index contributed by atoms with van der Waals surface area (Å²) in [4.78, 5) is 36.1. The van der Waals surface area contributed by atoms with Crippen LogP contribution >= 0.6 is 7.75 Å². The molecule has 0 spiro atoms. The molecule has 1 saturated carbocycles. The molecule has 17 heteroatoms. The van der Waals surface area contributed by atoms with Crippen LogP contribution in [0.2, 0.25) is 0 Å². The molecule has 2 aromatic heterocycles. The molecule has 15 nitrogen and oxygen atoms in total. The third-order valence-electron chi connectivity index (χ3n) is 7.69. The average Bonchev–Trinajstić information content (AvgIpc) is 3.53. The van der Waals surface area contributed by atoms with Gasteiger partial charge in [-0.3, -0.25) is 23.7 Å². The Hall–Kier alpha value is -3.40. The van der Waals surface area contributed by atoms with Gasteiger partial charge in [0, 0.05) is 7.92 Å². The van der Waals surface area contributed by atoms with Gasteiger partial charge in [0.1, 0.15) is 36.2 Å². The van der Waals surface area contributed by atoms with E-state index in [1.807, 2.05) is 0 Å². The lowest BCUT2D eigenvalue weighted by Crippen LogP contribution is -2.49. The van der Waals surface area contributed by atoms with Crippen LogP contribution in [0.15, 0.2) is 41.5 Å². The van der Waals surface area contributed by atoms with Crippen molar-refractivity contribution in [3.8, 4) is 5.75 Å². The van der Waals surface area contributed by atoms with Gasteiger partial charge in [0.2, 0.25) is 5.95 Å². The Bertz CT molecular complexity index is 1620. The first-order chi connectivity index (χ1) is 21.8. The van der Waals surface area contributed by atoms with Crippen molar-refractivity contribution in [1.82, 2.24) is 24.6 Å². The van der Waals surface area contributed by atoms with Crippen LogP contribution in [0.5, 0.6) is 5.75 Å². The Kier molecular flexibility index (Phi) is 9.22. The molecule has 2 aliphatic rings. The first-order valence-electron chi connectivity index (χ1n) is 15.3. The predicted molar refractivity (Wildman–Crippen MR) is 159 cm³/mol. The summed E-state index contributed by atoms with van der Waals surface area (Å²) in [5, 5.41) is 27.5. The number of hydrogen-bond acceptors (Lipinski definition) is 12. The van der Waals surface area contributed by atoms with Crippen molar-refractivity contribution in [3.05, 3.63) is 47.0 Å². The number of H-pyrrole nitrogens is 1. The van der Waals surface area contributed by atoms with E-state index >= 15 is 4.39 Å². The summed E-state index contributed by atoms with van der Waals surface area (Å²) in [5.41, 5.74) is -3.26. The lowest BCUT2D eigenvalue weighted by Gasteiger charge is -2.29. The van der Waals surface area contributed by atoms with Crippen molar-refractivity contribution in [2.75, 3.05) is 18.5 Å². The van der Waals surface area contributed by atoms with E-state index in [0.29, 0.717) is 12.8 Å². The summed E-state index contributed by atoms with van der Waals surface area (Å²) in [7, 11) is -4.57. The van der Waals surface area contributed by atoms with Crippen LogP contribution in [-0.4, -0.2) is 78.6 Å². The molecule has 0 bridgehead atoms. The number of anilines is 1. The standard InChI is InChI=1S/C28H38FN6O9P/c1-4-30-26-32-21-20(22(36)33-26)31-16-35(21)25-27(3,39)24(38)28(29,43-25)15-41-45(40,44-19-13-9-6-10-14-19)34-17(2)23(37)42-18-11-7-5-8-12-18/h6,9-10,13-14,16-18,24-25,38-39H,4-5,7-8,11-12,15H2,1-3H3,(H,34,40)(H2,30,32,33,36)/t17-,24-,25+,27+,28+,45?/m0/s1/i1T.